The first kappa shape index (κ1) is 10.9. The van der Waals surface area contributed by atoms with Crippen LogP contribution in [0.3, 0.4) is 0 Å². The monoisotopic (exact) mass is 224 g/mol. The van der Waals surface area contributed by atoms with Crippen molar-refractivity contribution in [3.63, 3.8) is 0 Å². The zero-order valence-corrected chi connectivity index (χ0v) is 9.47. The number of carboxylic acid groups (broad SMARTS) is 1. The Kier molecular flexibility index (Phi) is 2.80. The zero-order chi connectivity index (χ0) is 11.7. The van der Waals surface area contributed by atoms with E-state index in [-0.39, 0.29) is 12.5 Å². The topological polar surface area (TPSA) is 80.0 Å². The van der Waals surface area contributed by atoms with E-state index in [1.807, 2.05) is 18.4 Å². The minimum absolute atomic E-state index is 0.0858. The summed E-state index contributed by atoms with van der Waals surface area (Å²) in [4.78, 5) is 10.7. The van der Waals surface area contributed by atoms with E-state index in [9.17, 15) is 4.79 Å². The van der Waals surface area contributed by atoms with Gasteiger partial charge in [-0.2, -0.15) is 0 Å². The van der Waals surface area contributed by atoms with Crippen LogP contribution in [0.15, 0.2) is 0 Å². The van der Waals surface area contributed by atoms with Gasteiger partial charge in [0.1, 0.15) is 12.2 Å². The lowest BCUT2D eigenvalue weighted by atomic mass is 10.3. The number of aliphatic carboxylic acids is 1. The largest absolute Gasteiger partial charge is 0.481 e. The number of hydrogen-bond acceptors (Lipinski definition) is 4. The Hall–Kier alpha value is -1.59. The minimum atomic E-state index is -0.882. The summed E-state index contributed by atoms with van der Waals surface area (Å²) in [5, 5.41) is 20.0. The molecule has 6 heteroatoms. The second-order valence-corrected chi connectivity index (χ2v) is 4.39. The van der Waals surface area contributed by atoms with Gasteiger partial charge in [0.15, 0.2) is 0 Å². The molecule has 0 bridgehead atoms. The first-order valence-electron chi connectivity index (χ1n) is 5.50. The fraction of sp³-hybridized carbons (Fsp3) is 0.700. The highest BCUT2D eigenvalue weighted by Crippen LogP contribution is 2.25. The van der Waals surface area contributed by atoms with Crippen molar-refractivity contribution in [3.05, 3.63) is 5.82 Å². The summed E-state index contributed by atoms with van der Waals surface area (Å²) in [6.07, 6.45) is 2.22. The molecule has 6 nitrogen and oxygen atoms in total. The van der Waals surface area contributed by atoms with Gasteiger partial charge in [0, 0.05) is 12.1 Å². The Morgan fingerprint density at radius 3 is 2.75 bits per heavy atom. The predicted molar refractivity (Wildman–Crippen MR) is 58.4 cm³/mol. The smallest absolute Gasteiger partial charge is 0.311 e. The Morgan fingerprint density at radius 1 is 1.56 bits per heavy atom. The van der Waals surface area contributed by atoms with Crippen LogP contribution < -0.4 is 5.32 Å². The molecule has 1 aliphatic rings. The van der Waals surface area contributed by atoms with Gasteiger partial charge in [-0.25, -0.2) is 0 Å². The van der Waals surface area contributed by atoms with Gasteiger partial charge in [-0.3, -0.25) is 9.36 Å². The van der Waals surface area contributed by atoms with Crippen molar-refractivity contribution in [2.45, 2.75) is 45.2 Å². The Bertz CT molecular complexity index is 396. The van der Waals surface area contributed by atoms with Crippen LogP contribution in [0.4, 0.5) is 5.95 Å². The molecule has 0 radical (unpaired) electrons. The molecule has 88 valence electrons. The Balaban J connectivity index is 2.22. The SMILES string of the molecule is CC(C)n1c(CC(=O)O)nnc1NC1CC1. The Morgan fingerprint density at radius 2 is 2.25 bits per heavy atom. The maximum Gasteiger partial charge on any atom is 0.311 e. The van der Waals surface area contributed by atoms with E-state index in [1.165, 1.54) is 0 Å². The number of nitrogens with zero attached hydrogens (tertiary/aromatic N) is 3. The van der Waals surface area contributed by atoms with Gasteiger partial charge in [0.05, 0.1) is 0 Å². The molecule has 0 unspecified atom stereocenters. The summed E-state index contributed by atoms with van der Waals surface area (Å²) in [7, 11) is 0. The number of anilines is 1. The van der Waals surface area contributed by atoms with E-state index >= 15 is 0 Å². The van der Waals surface area contributed by atoms with Crippen LogP contribution in [0, 0.1) is 0 Å². The van der Waals surface area contributed by atoms with E-state index in [0.29, 0.717) is 17.8 Å². The number of carboxylic acids is 1. The third kappa shape index (κ3) is 2.32. The second kappa shape index (κ2) is 4.11. The van der Waals surface area contributed by atoms with Crippen LogP contribution in [0.1, 0.15) is 38.6 Å². The lowest BCUT2D eigenvalue weighted by molar-refractivity contribution is -0.136. The number of nitrogens with one attached hydrogen (secondary N) is 1. The normalized spacial score (nSPS) is 15.4. The highest BCUT2D eigenvalue weighted by molar-refractivity contribution is 5.69. The molecule has 0 aliphatic heterocycles. The molecule has 1 heterocycles. The minimum Gasteiger partial charge on any atom is -0.481 e. The summed E-state index contributed by atoms with van der Waals surface area (Å²) >= 11 is 0. The first-order chi connectivity index (χ1) is 7.58. The van der Waals surface area contributed by atoms with Crippen molar-refractivity contribution in [2.24, 2.45) is 0 Å². The van der Waals surface area contributed by atoms with Crippen molar-refractivity contribution in [3.8, 4) is 0 Å². The lowest BCUT2D eigenvalue weighted by Crippen LogP contribution is -2.15. The van der Waals surface area contributed by atoms with Gasteiger partial charge in [-0.05, 0) is 26.7 Å². The fourth-order valence-corrected chi connectivity index (χ4v) is 1.63. The molecular weight excluding hydrogens is 208 g/mol. The van der Waals surface area contributed by atoms with Crippen LogP contribution in [0.25, 0.3) is 0 Å². The van der Waals surface area contributed by atoms with Crippen LogP contribution in [0.2, 0.25) is 0 Å². The molecule has 1 fully saturated rings. The quantitative estimate of drug-likeness (QED) is 0.781. The standard InChI is InChI=1S/C10H16N4O2/c1-6(2)14-8(5-9(15)16)12-13-10(14)11-7-3-4-7/h6-7H,3-5H2,1-2H3,(H,11,13)(H,15,16). The summed E-state index contributed by atoms with van der Waals surface area (Å²) in [6.45, 7) is 3.99. The first-order valence-corrected chi connectivity index (χ1v) is 5.50. The van der Waals surface area contributed by atoms with Gasteiger partial charge in [0.25, 0.3) is 0 Å². The molecule has 0 amide bonds. The molecule has 16 heavy (non-hydrogen) atoms. The maximum absolute atomic E-state index is 10.7. The molecule has 1 aliphatic carbocycles. The fourth-order valence-electron chi connectivity index (χ4n) is 1.63. The van der Waals surface area contributed by atoms with E-state index in [1.54, 1.807) is 0 Å². The molecule has 0 saturated heterocycles. The number of aromatic nitrogens is 3. The molecule has 0 aromatic carbocycles. The van der Waals surface area contributed by atoms with Crippen LogP contribution in [-0.4, -0.2) is 31.9 Å². The van der Waals surface area contributed by atoms with Gasteiger partial charge in [-0.1, -0.05) is 0 Å². The highest BCUT2D eigenvalue weighted by atomic mass is 16.4. The Labute approximate surface area is 93.7 Å². The van der Waals surface area contributed by atoms with E-state index in [2.05, 4.69) is 15.5 Å². The van der Waals surface area contributed by atoms with Crippen molar-refractivity contribution < 1.29 is 9.90 Å². The highest BCUT2D eigenvalue weighted by Gasteiger charge is 2.25. The van der Waals surface area contributed by atoms with Gasteiger partial charge in [-0.15, -0.1) is 10.2 Å². The maximum atomic E-state index is 10.7. The molecule has 1 aromatic rings. The van der Waals surface area contributed by atoms with Crippen molar-refractivity contribution in [1.82, 2.24) is 14.8 Å². The van der Waals surface area contributed by atoms with Gasteiger partial charge < -0.3 is 10.4 Å². The van der Waals surface area contributed by atoms with E-state index in [4.69, 9.17) is 5.11 Å². The predicted octanol–water partition coefficient (Wildman–Crippen LogP) is 1.06. The van der Waals surface area contributed by atoms with Crippen LogP contribution in [-0.2, 0) is 11.2 Å². The van der Waals surface area contributed by atoms with Crippen molar-refractivity contribution >= 4 is 11.9 Å². The lowest BCUT2D eigenvalue weighted by Gasteiger charge is -2.13. The average Bonchev–Trinajstić information content (AvgIpc) is 2.87. The summed E-state index contributed by atoms with van der Waals surface area (Å²) < 4.78 is 1.85. The van der Waals surface area contributed by atoms with Crippen molar-refractivity contribution in [1.29, 1.82) is 0 Å². The van der Waals surface area contributed by atoms with Crippen LogP contribution in [0.5, 0.6) is 0 Å². The number of carbonyl (C=O) groups is 1. The van der Waals surface area contributed by atoms with E-state index in [0.717, 1.165) is 12.8 Å². The van der Waals surface area contributed by atoms with E-state index < -0.39 is 5.97 Å². The number of rotatable bonds is 5. The molecule has 0 spiro atoms. The molecule has 2 N–H and O–H groups in total. The van der Waals surface area contributed by atoms with Gasteiger partial charge in [0.2, 0.25) is 5.95 Å². The second-order valence-electron chi connectivity index (χ2n) is 4.39. The summed E-state index contributed by atoms with van der Waals surface area (Å²) in [6, 6.07) is 0.643. The third-order valence-electron chi connectivity index (χ3n) is 2.50. The number of hydrogen-bond donors (Lipinski definition) is 2. The van der Waals surface area contributed by atoms with Gasteiger partial charge >= 0.3 is 5.97 Å². The molecule has 1 aromatic heterocycles. The zero-order valence-electron chi connectivity index (χ0n) is 9.47. The molecule has 2 rings (SSSR count). The molecule has 1 saturated carbocycles. The third-order valence-corrected chi connectivity index (χ3v) is 2.50. The summed E-state index contributed by atoms with van der Waals surface area (Å²) in [5.41, 5.74) is 0. The van der Waals surface area contributed by atoms with Crippen molar-refractivity contribution in [2.75, 3.05) is 5.32 Å². The average molecular weight is 224 g/mol. The molecule has 0 atom stereocenters. The molecular formula is C10H16N4O2. The van der Waals surface area contributed by atoms with Crippen LogP contribution >= 0.6 is 0 Å². The summed E-state index contributed by atoms with van der Waals surface area (Å²) in [5.74, 6) is 0.312.